The maximum Gasteiger partial charge on any atom is 0.321 e. The number of carboxylic acid groups (broad SMARTS) is 1. The molecule has 0 radical (unpaired) electrons. The van der Waals surface area contributed by atoms with Crippen molar-refractivity contribution in [3.05, 3.63) is 35.8 Å². The number of aromatic nitrogens is 1. The molecule has 0 spiro atoms. The minimum absolute atomic E-state index is 0.352. The number of carbonyl (C=O) groups is 1. The van der Waals surface area contributed by atoms with Crippen molar-refractivity contribution in [2.75, 3.05) is 0 Å². The van der Waals surface area contributed by atoms with E-state index in [0.717, 1.165) is 11.1 Å². The van der Waals surface area contributed by atoms with Crippen molar-refractivity contribution in [2.45, 2.75) is 18.9 Å². The van der Waals surface area contributed by atoms with E-state index in [1.807, 2.05) is 0 Å². The summed E-state index contributed by atoms with van der Waals surface area (Å²) in [4.78, 5) is 13.8. The van der Waals surface area contributed by atoms with Crippen molar-refractivity contribution in [1.29, 1.82) is 0 Å². The molecule has 0 bridgehead atoms. The Morgan fingerprint density at radius 2 is 2.24 bits per heavy atom. The highest BCUT2D eigenvalue weighted by molar-refractivity contribution is 5.85. The summed E-state index contributed by atoms with van der Waals surface area (Å²) < 4.78 is 13.2. The molecule has 5 heteroatoms. The van der Waals surface area contributed by atoms with Gasteiger partial charge < -0.3 is 15.8 Å². The third-order valence-electron chi connectivity index (χ3n) is 2.99. The van der Waals surface area contributed by atoms with Crippen LogP contribution in [0.4, 0.5) is 4.39 Å². The Labute approximate surface area is 97.2 Å². The maximum absolute atomic E-state index is 13.2. The first kappa shape index (κ1) is 11.6. The molecule has 0 aliphatic carbocycles. The lowest BCUT2D eigenvalue weighted by Gasteiger charge is -2.15. The van der Waals surface area contributed by atoms with E-state index in [4.69, 9.17) is 10.8 Å². The largest absolute Gasteiger partial charge is 0.480 e. The highest BCUT2D eigenvalue weighted by Crippen LogP contribution is 2.27. The third-order valence-corrected chi connectivity index (χ3v) is 2.99. The number of carboxylic acids is 1. The number of aliphatic carboxylic acids is 1. The Kier molecular flexibility index (Phi) is 2.85. The third kappa shape index (κ3) is 2.01. The second kappa shape index (κ2) is 4.18. The van der Waals surface area contributed by atoms with Crippen LogP contribution in [0, 0.1) is 5.82 Å². The average Bonchev–Trinajstić information content (AvgIpc) is 2.69. The fourth-order valence-corrected chi connectivity index (χ4v) is 1.90. The van der Waals surface area contributed by atoms with Crippen molar-refractivity contribution in [3.63, 3.8) is 0 Å². The fraction of sp³-hybridized carbons (Fsp3) is 0.250. The average molecular weight is 236 g/mol. The van der Waals surface area contributed by atoms with Crippen LogP contribution in [0.25, 0.3) is 10.9 Å². The zero-order valence-corrected chi connectivity index (χ0v) is 9.27. The van der Waals surface area contributed by atoms with Gasteiger partial charge in [-0.3, -0.25) is 4.79 Å². The first-order valence-electron chi connectivity index (χ1n) is 5.25. The van der Waals surface area contributed by atoms with Gasteiger partial charge in [0.1, 0.15) is 11.9 Å². The van der Waals surface area contributed by atoms with E-state index in [9.17, 15) is 9.18 Å². The topological polar surface area (TPSA) is 79.1 Å². The summed E-state index contributed by atoms with van der Waals surface area (Å²) in [5, 5.41) is 9.54. The molecule has 0 aliphatic heterocycles. The Morgan fingerprint density at radius 3 is 2.88 bits per heavy atom. The molecule has 1 aromatic carbocycles. The standard InChI is InChI=1S/C12H13FN2O2/c1-6(11(14)12(16)17)9-5-15-10-3-2-7(13)4-8(9)10/h2-6,11,15H,14H2,1H3,(H,16,17)/t6-,11-/m0/s1. The molecule has 2 aromatic rings. The lowest BCUT2D eigenvalue weighted by atomic mass is 9.93. The van der Waals surface area contributed by atoms with E-state index in [-0.39, 0.29) is 11.7 Å². The van der Waals surface area contributed by atoms with E-state index >= 15 is 0 Å². The van der Waals surface area contributed by atoms with E-state index in [0.29, 0.717) is 5.39 Å². The quantitative estimate of drug-likeness (QED) is 0.760. The summed E-state index contributed by atoms with van der Waals surface area (Å²) in [6.07, 6.45) is 1.68. The number of nitrogens with one attached hydrogen (secondary N) is 1. The Bertz CT molecular complexity index is 565. The molecule has 0 unspecified atom stereocenters. The molecule has 2 atom stereocenters. The number of benzene rings is 1. The molecule has 0 amide bonds. The van der Waals surface area contributed by atoms with E-state index in [2.05, 4.69) is 4.98 Å². The van der Waals surface area contributed by atoms with E-state index in [1.165, 1.54) is 12.1 Å². The molecule has 1 aromatic heterocycles. The number of nitrogens with two attached hydrogens (primary N) is 1. The Hall–Kier alpha value is -1.88. The number of H-pyrrole nitrogens is 1. The second-order valence-electron chi connectivity index (χ2n) is 4.09. The van der Waals surface area contributed by atoms with Crippen molar-refractivity contribution in [1.82, 2.24) is 4.98 Å². The van der Waals surface area contributed by atoms with Crippen LogP contribution in [0.3, 0.4) is 0 Å². The van der Waals surface area contributed by atoms with Crippen molar-refractivity contribution >= 4 is 16.9 Å². The number of halogens is 1. The molecule has 4 nitrogen and oxygen atoms in total. The first-order chi connectivity index (χ1) is 8.00. The van der Waals surface area contributed by atoms with Crippen molar-refractivity contribution in [3.8, 4) is 0 Å². The molecule has 90 valence electrons. The molecule has 1 heterocycles. The van der Waals surface area contributed by atoms with Gasteiger partial charge in [-0.25, -0.2) is 4.39 Å². The van der Waals surface area contributed by atoms with Crippen molar-refractivity contribution < 1.29 is 14.3 Å². The van der Waals surface area contributed by atoms with Crippen molar-refractivity contribution in [2.24, 2.45) is 5.73 Å². The van der Waals surface area contributed by atoms with Crippen LogP contribution in [0.1, 0.15) is 18.4 Å². The minimum Gasteiger partial charge on any atom is -0.480 e. The molecule has 0 aliphatic rings. The molecule has 17 heavy (non-hydrogen) atoms. The monoisotopic (exact) mass is 236 g/mol. The SMILES string of the molecule is C[C@@H](c1c[nH]c2ccc(F)cc12)[C@H](N)C(=O)O. The normalized spacial score (nSPS) is 14.8. The van der Waals surface area contributed by atoms with Gasteiger partial charge in [0, 0.05) is 23.0 Å². The lowest BCUT2D eigenvalue weighted by molar-refractivity contribution is -0.138. The summed E-state index contributed by atoms with van der Waals surface area (Å²) in [7, 11) is 0. The molecular weight excluding hydrogens is 223 g/mol. The fourth-order valence-electron chi connectivity index (χ4n) is 1.90. The highest BCUT2D eigenvalue weighted by Gasteiger charge is 2.23. The van der Waals surface area contributed by atoms with Crippen LogP contribution in [-0.4, -0.2) is 22.1 Å². The van der Waals surface area contributed by atoms with Gasteiger partial charge in [-0.15, -0.1) is 0 Å². The molecule has 2 rings (SSSR count). The molecule has 0 fully saturated rings. The Morgan fingerprint density at radius 1 is 1.53 bits per heavy atom. The van der Waals surface area contributed by atoms with E-state index < -0.39 is 12.0 Å². The smallest absolute Gasteiger partial charge is 0.321 e. The summed E-state index contributed by atoms with van der Waals surface area (Å²) in [5.74, 6) is -1.80. The molecular formula is C12H13FN2O2. The zero-order valence-electron chi connectivity index (χ0n) is 9.27. The van der Waals surface area contributed by atoms with Crippen LogP contribution in [0.15, 0.2) is 24.4 Å². The van der Waals surface area contributed by atoms with Crippen LogP contribution in [0.5, 0.6) is 0 Å². The van der Waals surface area contributed by atoms with Gasteiger partial charge in [-0.2, -0.15) is 0 Å². The number of hydrogen-bond donors (Lipinski definition) is 3. The van der Waals surface area contributed by atoms with Gasteiger partial charge >= 0.3 is 5.97 Å². The first-order valence-corrected chi connectivity index (χ1v) is 5.25. The van der Waals surface area contributed by atoms with Gasteiger partial charge in [-0.05, 0) is 23.8 Å². The maximum atomic E-state index is 13.2. The number of rotatable bonds is 3. The van der Waals surface area contributed by atoms with Crippen LogP contribution in [-0.2, 0) is 4.79 Å². The van der Waals surface area contributed by atoms with Crippen LogP contribution >= 0.6 is 0 Å². The predicted molar refractivity (Wildman–Crippen MR) is 62.3 cm³/mol. The second-order valence-corrected chi connectivity index (χ2v) is 4.09. The van der Waals surface area contributed by atoms with Crippen LogP contribution in [0.2, 0.25) is 0 Å². The van der Waals surface area contributed by atoms with Crippen LogP contribution < -0.4 is 5.73 Å². The highest BCUT2D eigenvalue weighted by atomic mass is 19.1. The Balaban J connectivity index is 2.48. The summed E-state index contributed by atoms with van der Waals surface area (Å²) >= 11 is 0. The predicted octanol–water partition coefficient (Wildman–Crippen LogP) is 1.82. The number of fused-ring (bicyclic) bond motifs is 1. The molecule has 4 N–H and O–H groups in total. The minimum atomic E-state index is -1.07. The number of aromatic amines is 1. The summed E-state index contributed by atoms with van der Waals surface area (Å²) in [5.41, 5.74) is 7.06. The summed E-state index contributed by atoms with van der Waals surface area (Å²) in [6.45, 7) is 1.71. The van der Waals surface area contributed by atoms with E-state index in [1.54, 1.807) is 19.2 Å². The molecule has 0 saturated carbocycles. The summed E-state index contributed by atoms with van der Waals surface area (Å²) in [6, 6.07) is 3.35. The number of hydrogen-bond acceptors (Lipinski definition) is 2. The van der Waals surface area contributed by atoms with Gasteiger partial charge in [0.2, 0.25) is 0 Å². The molecule has 0 saturated heterocycles. The van der Waals surface area contributed by atoms with Gasteiger partial charge in [-0.1, -0.05) is 6.92 Å². The van der Waals surface area contributed by atoms with Gasteiger partial charge in [0.25, 0.3) is 0 Å². The zero-order chi connectivity index (χ0) is 12.6. The van der Waals surface area contributed by atoms with Gasteiger partial charge in [0.05, 0.1) is 0 Å². The van der Waals surface area contributed by atoms with Gasteiger partial charge in [0.15, 0.2) is 0 Å². The lowest BCUT2D eigenvalue weighted by Crippen LogP contribution is -2.35.